The Hall–Kier alpha value is 0.220. The van der Waals surface area contributed by atoms with Crippen molar-refractivity contribution in [3.63, 3.8) is 0 Å². The molecule has 0 heterocycles. The monoisotopic (exact) mass is 226 g/mol. The third-order valence-corrected chi connectivity index (χ3v) is 4.80. The SMILES string of the molecule is CCCC(C)(C)C(S(=O)[O-])S(=O)[O-]. The highest BCUT2D eigenvalue weighted by molar-refractivity contribution is 7.97. The molecular formula is C7H14O4S2-2. The van der Waals surface area contributed by atoms with E-state index >= 15 is 0 Å². The summed E-state index contributed by atoms with van der Waals surface area (Å²) < 4.78 is 41.4. The fraction of sp³-hybridized carbons (Fsp3) is 1.00. The third-order valence-electron chi connectivity index (χ3n) is 1.88. The van der Waals surface area contributed by atoms with E-state index in [4.69, 9.17) is 0 Å². The van der Waals surface area contributed by atoms with Gasteiger partial charge in [0.15, 0.2) is 0 Å². The Labute approximate surface area is 83.7 Å². The van der Waals surface area contributed by atoms with E-state index in [1.54, 1.807) is 13.8 Å². The summed E-state index contributed by atoms with van der Waals surface area (Å²) in [6, 6.07) is 0. The topological polar surface area (TPSA) is 80.3 Å². The highest BCUT2D eigenvalue weighted by Gasteiger charge is 2.30. The van der Waals surface area contributed by atoms with Gasteiger partial charge >= 0.3 is 0 Å². The highest BCUT2D eigenvalue weighted by Crippen LogP contribution is 2.31. The maximum absolute atomic E-state index is 10.7. The van der Waals surface area contributed by atoms with Crippen LogP contribution < -0.4 is 0 Å². The summed E-state index contributed by atoms with van der Waals surface area (Å²) in [6.45, 7) is 5.18. The summed E-state index contributed by atoms with van der Waals surface area (Å²) in [5.74, 6) is 0. The number of rotatable bonds is 5. The molecular weight excluding hydrogens is 212 g/mol. The van der Waals surface area contributed by atoms with Crippen LogP contribution in [0.3, 0.4) is 0 Å². The predicted octanol–water partition coefficient (Wildman–Crippen LogP) is 0.897. The molecule has 0 aromatic carbocycles. The summed E-state index contributed by atoms with van der Waals surface area (Å²) in [4.78, 5) is 0. The van der Waals surface area contributed by atoms with Crippen LogP contribution in [0.4, 0.5) is 0 Å². The summed E-state index contributed by atoms with van der Waals surface area (Å²) in [5.41, 5.74) is -0.714. The van der Waals surface area contributed by atoms with Crippen molar-refractivity contribution in [3.05, 3.63) is 0 Å². The molecule has 0 aliphatic heterocycles. The molecule has 2 unspecified atom stereocenters. The van der Waals surface area contributed by atoms with Crippen molar-refractivity contribution < 1.29 is 17.5 Å². The van der Waals surface area contributed by atoms with E-state index in [1.807, 2.05) is 6.92 Å². The van der Waals surface area contributed by atoms with Crippen LogP contribution in [-0.2, 0) is 22.2 Å². The van der Waals surface area contributed by atoms with E-state index in [9.17, 15) is 17.5 Å². The zero-order valence-electron chi connectivity index (χ0n) is 7.94. The first-order valence-electron chi connectivity index (χ1n) is 3.99. The lowest BCUT2D eigenvalue weighted by Gasteiger charge is -2.36. The average molecular weight is 226 g/mol. The van der Waals surface area contributed by atoms with E-state index < -0.39 is 32.2 Å². The molecule has 0 aliphatic carbocycles. The number of hydrogen-bond acceptors (Lipinski definition) is 4. The van der Waals surface area contributed by atoms with Crippen LogP contribution in [0.25, 0.3) is 0 Å². The molecule has 0 rings (SSSR count). The summed E-state index contributed by atoms with van der Waals surface area (Å²) in [7, 11) is 0. The second kappa shape index (κ2) is 5.19. The van der Waals surface area contributed by atoms with Gasteiger partial charge in [-0.15, -0.1) is 0 Å². The van der Waals surface area contributed by atoms with Crippen molar-refractivity contribution in [2.24, 2.45) is 5.41 Å². The van der Waals surface area contributed by atoms with Crippen molar-refractivity contribution in [1.82, 2.24) is 0 Å². The molecule has 0 saturated heterocycles. The smallest absolute Gasteiger partial charge is 0.0887 e. The minimum atomic E-state index is -2.57. The maximum Gasteiger partial charge on any atom is 0.0887 e. The Bertz CT molecular complexity index is 201. The molecule has 13 heavy (non-hydrogen) atoms. The largest absolute Gasteiger partial charge is 0.771 e. The molecule has 0 bridgehead atoms. The first-order chi connectivity index (χ1) is 5.83. The van der Waals surface area contributed by atoms with Crippen LogP contribution in [-0.4, -0.2) is 22.1 Å². The fourth-order valence-corrected chi connectivity index (χ4v) is 3.14. The standard InChI is InChI=1S/C7H16O4S2/c1-4-5-7(2,3)6(12(8)9)13(10)11/h6H,4-5H2,1-3H3,(H,8,9)(H,10,11)/p-2. The second-order valence-electron chi connectivity index (χ2n) is 3.59. The van der Waals surface area contributed by atoms with E-state index in [1.165, 1.54) is 0 Å². The Balaban J connectivity index is 4.72. The van der Waals surface area contributed by atoms with Crippen molar-refractivity contribution in [2.45, 2.75) is 38.2 Å². The lowest BCUT2D eigenvalue weighted by molar-refractivity contribution is 0.338. The van der Waals surface area contributed by atoms with Crippen molar-refractivity contribution in [3.8, 4) is 0 Å². The lowest BCUT2D eigenvalue weighted by atomic mass is 9.90. The third kappa shape index (κ3) is 3.84. The summed E-state index contributed by atoms with van der Waals surface area (Å²) >= 11 is -5.13. The quantitative estimate of drug-likeness (QED) is 0.652. The van der Waals surface area contributed by atoms with Gasteiger partial charge in [0.1, 0.15) is 0 Å². The normalized spacial score (nSPS) is 19.5. The van der Waals surface area contributed by atoms with Crippen LogP contribution in [0.5, 0.6) is 0 Å². The lowest BCUT2D eigenvalue weighted by Crippen LogP contribution is -2.36. The number of hydrogen-bond donors (Lipinski definition) is 0. The summed E-state index contributed by atoms with van der Waals surface area (Å²) in [5, 5.41) is 0. The molecule has 0 aromatic rings. The second-order valence-corrected chi connectivity index (χ2v) is 5.87. The van der Waals surface area contributed by atoms with Crippen molar-refractivity contribution >= 4 is 22.2 Å². The molecule has 0 spiro atoms. The van der Waals surface area contributed by atoms with Gasteiger partial charge in [0.2, 0.25) is 0 Å². The van der Waals surface area contributed by atoms with Gasteiger partial charge in [0.25, 0.3) is 0 Å². The maximum atomic E-state index is 10.7. The van der Waals surface area contributed by atoms with Crippen LogP contribution in [0.15, 0.2) is 0 Å². The molecule has 80 valence electrons. The van der Waals surface area contributed by atoms with Gasteiger partial charge in [-0.25, -0.2) is 0 Å². The molecule has 0 N–H and O–H groups in total. The van der Waals surface area contributed by atoms with Crippen LogP contribution >= 0.6 is 0 Å². The predicted molar refractivity (Wildman–Crippen MR) is 50.3 cm³/mol. The van der Waals surface area contributed by atoms with Crippen molar-refractivity contribution in [1.29, 1.82) is 0 Å². The van der Waals surface area contributed by atoms with Crippen molar-refractivity contribution in [2.75, 3.05) is 0 Å². The van der Waals surface area contributed by atoms with Gasteiger partial charge in [-0.1, -0.05) is 27.2 Å². The minimum Gasteiger partial charge on any atom is -0.771 e. The van der Waals surface area contributed by atoms with Crippen LogP contribution in [0.1, 0.15) is 33.6 Å². The zero-order chi connectivity index (χ0) is 10.6. The minimum absolute atomic E-state index is 0.569. The van der Waals surface area contributed by atoms with E-state index in [2.05, 4.69) is 0 Å². The van der Waals surface area contributed by atoms with E-state index in [-0.39, 0.29) is 0 Å². The Morgan fingerprint density at radius 2 is 1.62 bits per heavy atom. The Morgan fingerprint density at radius 1 is 1.23 bits per heavy atom. The zero-order valence-corrected chi connectivity index (χ0v) is 9.57. The van der Waals surface area contributed by atoms with Gasteiger partial charge < -0.3 is 9.11 Å². The fourth-order valence-electron chi connectivity index (χ4n) is 1.35. The average Bonchev–Trinajstić information content (AvgIpc) is 1.82. The van der Waals surface area contributed by atoms with Crippen LogP contribution in [0, 0.1) is 5.41 Å². The van der Waals surface area contributed by atoms with Gasteiger partial charge in [-0.05, 0) is 34.0 Å². The highest BCUT2D eigenvalue weighted by atomic mass is 32.3. The molecule has 0 aromatic heterocycles. The van der Waals surface area contributed by atoms with Gasteiger partial charge in [0.05, 0.1) is 4.58 Å². The molecule has 0 aliphatic rings. The van der Waals surface area contributed by atoms with E-state index in [0.29, 0.717) is 6.42 Å². The summed E-state index contributed by atoms with van der Waals surface area (Å²) in [6.07, 6.45) is 1.33. The van der Waals surface area contributed by atoms with Gasteiger partial charge in [-0.3, -0.25) is 8.42 Å². The Morgan fingerprint density at radius 3 is 1.85 bits per heavy atom. The van der Waals surface area contributed by atoms with E-state index in [0.717, 1.165) is 6.42 Å². The molecule has 2 atom stereocenters. The molecule has 4 nitrogen and oxygen atoms in total. The molecule has 6 heteroatoms. The molecule has 0 fully saturated rings. The molecule has 0 radical (unpaired) electrons. The molecule has 0 saturated carbocycles. The van der Waals surface area contributed by atoms with Gasteiger partial charge in [-0.2, -0.15) is 0 Å². The molecule has 0 amide bonds. The van der Waals surface area contributed by atoms with Gasteiger partial charge in [0, 0.05) is 0 Å². The Kier molecular flexibility index (Phi) is 5.28. The van der Waals surface area contributed by atoms with Crippen LogP contribution in [0.2, 0.25) is 0 Å². The first-order valence-corrected chi connectivity index (χ1v) is 6.26. The first kappa shape index (κ1) is 13.2.